The van der Waals surface area contributed by atoms with Crippen molar-refractivity contribution < 1.29 is 13.2 Å². The van der Waals surface area contributed by atoms with Crippen LogP contribution >= 0.6 is 34.7 Å². The number of alkyl halides is 3. The van der Waals surface area contributed by atoms with Gasteiger partial charge < -0.3 is 5.73 Å². The molecule has 0 aliphatic heterocycles. The van der Waals surface area contributed by atoms with Crippen LogP contribution in [-0.4, -0.2) is 22.6 Å². The van der Waals surface area contributed by atoms with Crippen LogP contribution in [0.3, 0.4) is 0 Å². The van der Waals surface area contributed by atoms with E-state index in [4.69, 9.17) is 17.3 Å². The zero-order valence-electron chi connectivity index (χ0n) is 16.7. The number of nitrogens with two attached hydrogens (primary N) is 1. The van der Waals surface area contributed by atoms with Gasteiger partial charge in [-0.25, -0.2) is 9.98 Å². The fraction of sp³-hybridized carbons (Fsp3) is 0.182. The quantitative estimate of drug-likeness (QED) is 0.294. The molecule has 0 radical (unpaired) electrons. The summed E-state index contributed by atoms with van der Waals surface area (Å²) in [6.45, 7) is 4.05. The summed E-state index contributed by atoms with van der Waals surface area (Å²) in [5.41, 5.74) is 6.43. The van der Waals surface area contributed by atoms with Gasteiger partial charge in [0.25, 0.3) is 0 Å². The van der Waals surface area contributed by atoms with E-state index in [2.05, 4.69) is 16.9 Å². The SMILES string of the molecule is CCSc1ncc(-c2ccc(C(/C=C(\N)C(F)(F)F)=Nc3ccccc3Cl)s2)cc1C. The van der Waals surface area contributed by atoms with E-state index >= 15 is 0 Å². The number of allylic oxidation sites excluding steroid dienone is 2. The Bertz CT molecular complexity index is 1140. The first-order valence-electron chi connectivity index (χ1n) is 9.26. The zero-order chi connectivity index (χ0) is 22.6. The molecule has 0 saturated carbocycles. The summed E-state index contributed by atoms with van der Waals surface area (Å²) >= 11 is 9.12. The van der Waals surface area contributed by atoms with E-state index in [0.717, 1.165) is 32.9 Å². The summed E-state index contributed by atoms with van der Waals surface area (Å²) in [7, 11) is 0. The lowest BCUT2D eigenvalue weighted by Gasteiger charge is -2.08. The number of hydrogen-bond acceptors (Lipinski definition) is 5. The number of para-hydroxylation sites is 1. The van der Waals surface area contributed by atoms with E-state index in [1.165, 1.54) is 11.3 Å². The molecular weight excluding hydrogens is 463 g/mol. The highest BCUT2D eigenvalue weighted by Gasteiger charge is 2.32. The molecule has 3 nitrogen and oxygen atoms in total. The number of benzene rings is 1. The van der Waals surface area contributed by atoms with Crippen molar-refractivity contribution in [3.8, 4) is 10.4 Å². The standard InChI is InChI=1S/C22H19ClF3N3S2/c1-3-30-21-13(2)10-14(12-28-21)18-8-9-19(31-18)17(11-20(27)22(24,25)26)29-16-7-5-4-6-15(16)23/h4-12H,3,27H2,1-2H3/b20-11-,29-17?. The van der Waals surface area contributed by atoms with Crippen molar-refractivity contribution >= 4 is 46.1 Å². The van der Waals surface area contributed by atoms with Crippen LogP contribution < -0.4 is 5.73 Å². The lowest BCUT2D eigenvalue weighted by atomic mass is 10.2. The van der Waals surface area contributed by atoms with Crippen LogP contribution in [-0.2, 0) is 0 Å². The molecule has 0 unspecified atom stereocenters. The first-order chi connectivity index (χ1) is 14.7. The van der Waals surface area contributed by atoms with Crippen molar-refractivity contribution in [2.24, 2.45) is 10.7 Å². The second-order valence-electron chi connectivity index (χ2n) is 6.49. The van der Waals surface area contributed by atoms with Crippen molar-refractivity contribution in [3.63, 3.8) is 0 Å². The van der Waals surface area contributed by atoms with E-state index in [1.54, 1.807) is 48.3 Å². The van der Waals surface area contributed by atoms with Gasteiger partial charge in [0, 0.05) is 16.6 Å². The average Bonchev–Trinajstić information content (AvgIpc) is 3.20. The number of aryl methyl sites for hydroxylation is 1. The molecule has 0 bridgehead atoms. The van der Waals surface area contributed by atoms with Crippen molar-refractivity contribution in [1.82, 2.24) is 4.98 Å². The molecule has 0 atom stereocenters. The van der Waals surface area contributed by atoms with Crippen LogP contribution in [0.1, 0.15) is 17.4 Å². The van der Waals surface area contributed by atoms with Crippen LogP contribution in [0.25, 0.3) is 10.4 Å². The van der Waals surface area contributed by atoms with Gasteiger partial charge in [-0.15, -0.1) is 23.1 Å². The molecule has 162 valence electrons. The summed E-state index contributed by atoms with van der Waals surface area (Å²) in [4.78, 5) is 10.3. The number of pyridine rings is 1. The molecule has 3 aromatic rings. The lowest BCUT2D eigenvalue weighted by Crippen LogP contribution is -2.20. The van der Waals surface area contributed by atoms with Gasteiger partial charge in [-0.3, -0.25) is 0 Å². The van der Waals surface area contributed by atoms with E-state index in [0.29, 0.717) is 15.6 Å². The maximum atomic E-state index is 13.1. The summed E-state index contributed by atoms with van der Waals surface area (Å²) in [6, 6.07) is 12.3. The number of aromatic nitrogens is 1. The molecule has 31 heavy (non-hydrogen) atoms. The molecular formula is C22H19ClF3N3S2. The summed E-state index contributed by atoms with van der Waals surface area (Å²) in [6.07, 6.45) is -2.05. The lowest BCUT2D eigenvalue weighted by molar-refractivity contribution is -0.0925. The molecule has 0 spiro atoms. The molecule has 1 aromatic carbocycles. The Hall–Kier alpha value is -2.29. The van der Waals surface area contributed by atoms with E-state index in [9.17, 15) is 13.2 Å². The smallest absolute Gasteiger partial charge is 0.395 e. The monoisotopic (exact) mass is 481 g/mol. The van der Waals surface area contributed by atoms with Gasteiger partial charge in [0.2, 0.25) is 0 Å². The fourth-order valence-corrected chi connectivity index (χ4v) is 4.49. The minimum Gasteiger partial charge on any atom is -0.395 e. The predicted molar refractivity (Wildman–Crippen MR) is 125 cm³/mol. The van der Waals surface area contributed by atoms with Gasteiger partial charge in [-0.05, 0) is 54.6 Å². The molecule has 0 saturated heterocycles. The molecule has 0 amide bonds. The Balaban J connectivity index is 2.04. The van der Waals surface area contributed by atoms with Crippen LogP contribution in [0.2, 0.25) is 5.02 Å². The molecule has 2 heterocycles. The summed E-state index contributed by atoms with van der Waals surface area (Å²) < 4.78 is 39.2. The third-order valence-corrected chi connectivity index (χ3v) is 6.63. The van der Waals surface area contributed by atoms with Crippen molar-refractivity contribution in [2.75, 3.05) is 5.75 Å². The van der Waals surface area contributed by atoms with Gasteiger partial charge in [0.05, 0.1) is 26.3 Å². The molecule has 3 rings (SSSR count). The topological polar surface area (TPSA) is 51.3 Å². The van der Waals surface area contributed by atoms with Gasteiger partial charge in [0.1, 0.15) is 5.70 Å². The molecule has 2 aromatic heterocycles. The number of thioether (sulfide) groups is 1. The Kier molecular flexibility index (Phi) is 7.46. The molecule has 9 heteroatoms. The number of nitrogens with zero attached hydrogens (tertiary/aromatic N) is 2. The number of thiophene rings is 1. The van der Waals surface area contributed by atoms with E-state index in [1.807, 2.05) is 19.1 Å². The largest absolute Gasteiger partial charge is 0.430 e. The first-order valence-corrected chi connectivity index (χ1v) is 11.4. The Labute approximate surface area is 191 Å². The average molecular weight is 482 g/mol. The molecule has 0 aliphatic carbocycles. The second-order valence-corrected chi connectivity index (χ2v) is 9.23. The third-order valence-electron chi connectivity index (χ3n) is 4.17. The number of hydrogen-bond donors (Lipinski definition) is 1. The summed E-state index contributed by atoms with van der Waals surface area (Å²) in [5, 5.41) is 1.30. The Morgan fingerprint density at radius 1 is 1.26 bits per heavy atom. The van der Waals surface area contributed by atoms with Crippen LogP contribution in [0, 0.1) is 6.92 Å². The fourth-order valence-electron chi connectivity index (χ4n) is 2.68. The Morgan fingerprint density at radius 3 is 2.65 bits per heavy atom. The minimum absolute atomic E-state index is 0.0852. The third kappa shape index (κ3) is 5.90. The van der Waals surface area contributed by atoms with E-state index < -0.39 is 11.9 Å². The highest BCUT2D eigenvalue weighted by molar-refractivity contribution is 7.99. The zero-order valence-corrected chi connectivity index (χ0v) is 19.1. The normalized spacial score (nSPS) is 13.0. The van der Waals surface area contributed by atoms with Gasteiger partial charge in [-0.1, -0.05) is 30.7 Å². The summed E-state index contributed by atoms with van der Waals surface area (Å²) in [5.74, 6) is 0.922. The van der Waals surface area contributed by atoms with Crippen LogP contribution in [0.4, 0.5) is 18.9 Å². The second kappa shape index (κ2) is 9.89. The maximum Gasteiger partial charge on any atom is 0.430 e. The maximum absolute atomic E-state index is 13.1. The number of halogens is 4. The molecule has 0 fully saturated rings. The number of rotatable bonds is 6. The van der Waals surface area contributed by atoms with Crippen molar-refractivity contribution in [1.29, 1.82) is 0 Å². The van der Waals surface area contributed by atoms with Gasteiger partial charge >= 0.3 is 6.18 Å². The Morgan fingerprint density at radius 2 is 2.00 bits per heavy atom. The van der Waals surface area contributed by atoms with Crippen molar-refractivity contribution in [3.05, 3.63) is 75.9 Å². The molecule has 2 N–H and O–H groups in total. The molecule has 0 aliphatic rings. The van der Waals surface area contributed by atoms with E-state index in [-0.39, 0.29) is 5.71 Å². The first kappa shape index (κ1) is 23.4. The number of aliphatic imine (C=N–C) groups is 1. The highest BCUT2D eigenvalue weighted by atomic mass is 35.5. The van der Waals surface area contributed by atoms with Gasteiger partial charge in [0.15, 0.2) is 0 Å². The highest BCUT2D eigenvalue weighted by Crippen LogP contribution is 2.33. The van der Waals surface area contributed by atoms with Gasteiger partial charge in [-0.2, -0.15) is 13.2 Å². The van der Waals surface area contributed by atoms with Crippen LogP contribution in [0.15, 0.2) is 70.5 Å². The van der Waals surface area contributed by atoms with Crippen molar-refractivity contribution in [2.45, 2.75) is 25.0 Å². The minimum atomic E-state index is -4.66. The predicted octanol–water partition coefficient (Wildman–Crippen LogP) is 7.41. The van der Waals surface area contributed by atoms with Crippen LogP contribution in [0.5, 0.6) is 0 Å².